The zero-order chi connectivity index (χ0) is 18.8. The van der Waals surface area contributed by atoms with Gasteiger partial charge in [0.15, 0.2) is 0 Å². The molecule has 0 saturated heterocycles. The highest BCUT2D eigenvalue weighted by molar-refractivity contribution is 5.93. The van der Waals surface area contributed by atoms with Crippen molar-refractivity contribution in [3.63, 3.8) is 0 Å². The van der Waals surface area contributed by atoms with E-state index in [0.717, 1.165) is 11.3 Å². The molecule has 0 fully saturated rings. The van der Waals surface area contributed by atoms with Crippen molar-refractivity contribution in [1.82, 2.24) is 9.13 Å². The predicted octanol–water partition coefficient (Wildman–Crippen LogP) is 2.16. The minimum absolute atomic E-state index is 0.0490. The number of benzene rings is 1. The Hall–Kier alpha value is -3.15. The normalized spacial score (nSPS) is 10.9. The topological polar surface area (TPSA) is 77.1 Å². The third kappa shape index (κ3) is 3.06. The minimum Gasteiger partial charge on any atom is -0.465 e. The second-order valence-electron chi connectivity index (χ2n) is 6.23. The molecule has 0 spiro atoms. The molecule has 1 aromatic carbocycles. The van der Waals surface area contributed by atoms with Gasteiger partial charge in [0.2, 0.25) is 0 Å². The van der Waals surface area contributed by atoms with E-state index in [1.807, 2.05) is 43.3 Å². The van der Waals surface area contributed by atoms with Crippen LogP contribution in [0.2, 0.25) is 0 Å². The summed E-state index contributed by atoms with van der Waals surface area (Å²) in [6.45, 7) is 2.33. The van der Waals surface area contributed by atoms with Gasteiger partial charge in [-0.1, -0.05) is 30.3 Å². The molecule has 6 nitrogen and oxygen atoms in total. The Morgan fingerprint density at radius 3 is 2.54 bits per heavy atom. The van der Waals surface area contributed by atoms with Crippen molar-refractivity contribution in [2.24, 2.45) is 7.05 Å². The molecule has 3 rings (SSSR count). The average Bonchev–Trinajstić information content (AvgIpc) is 2.65. The van der Waals surface area contributed by atoms with Crippen LogP contribution in [-0.2, 0) is 24.8 Å². The molecule has 0 saturated carbocycles. The summed E-state index contributed by atoms with van der Waals surface area (Å²) in [5.41, 5.74) is 2.51. The largest absolute Gasteiger partial charge is 0.465 e. The molecule has 3 aromatic rings. The molecule has 0 bridgehead atoms. The van der Waals surface area contributed by atoms with Gasteiger partial charge in [0, 0.05) is 19.3 Å². The van der Waals surface area contributed by atoms with Crippen molar-refractivity contribution in [3.05, 3.63) is 75.1 Å². The van der Waals surface area contributed by atoms with Crippen LogP contribution in [0.4, 0.5) is 0 Å². The van der Waals surface area contributed by atoms with Crippen molar-refractivity contribution < 1.29 is 9.53 Å². The number of pyridine rings is 2. The lowest BCUT2D eigenvalue weighted by Gasteiger charge is -2.16. The number of rotatable bonds is 4. The number of carbonyl (C=O) groups is 1. The van der Waals surface area contributed by atoms with Crippen LogP contribution >= 0.6 is 0 Å². The Bertz CT molecular complexity index is 1100. The van der Waals surface area contributed by atoms with Crippen LogP contribution in [0, 0.1) is 12.3 Å². The summed E-state index contributed by atoms with van der Waals surface area (Å²) in [7, 11) is 2.96. The predicted molar refractivity (Wildman–Crippen MR) is 99.3 cm³/mol. The number of aryl methyl sites for hydroxylation is 3. The number of nitrogens with zero attached hydrogens (tertiary/aromatic N) is 2. The van der Waals surface area contributed by atoms with E-state index in [1.54, 1.807) is 11.6 Å². The van der Waals surface area contributed by atoms with Gasteiger partial charge in [0.1, 0.15) is 11.1 Å². The van der Waals surface area contributed by atoms with Gasteiger partial charge < -0.3 is 13.9 Å². The first-order valence-electron chi connectivity index (χ1n) is 8.35. The lowest BCUT2D eigenvalue weighted by molar-refractivity contribution is 0.0597. The fourth-order valence-corrected chi connectivity index (χ4v) is 3.04. The zero-order valence-corrected chi connectivity index (χ0v) is 15.1. The number of ether oxygens (including phenoxy) is 1. The van der Waals surface area contributed by atoms with Crippen molar-refractivity contribution in [3.8, 4) is 0 Å². The lowest BCUT2D eigenvalue weighted by atomic mass is 10.1. The summed E-state index contributed by atoms with van der Waals surface area (Å²) in [4.78, 5) is 24.8. The Kier molecular flexibility index (Phi) is 4.75. The van der Waals surface area contributed by atoms with Gasteiger partial charge >= 0.3 is 5.97 Å². The highest BCUT2D eigenvalue weighted by Gasteiger charge is 2.16. The second-order valence-corrected chi connectivity index (χ2v) is 6.23. The number of hydrogen-bond donors (Lipinski definition) is 1. The van der Waals surface area contributed by atoms with Crippen LogP contribution in [-0.4, -0.2) is 22.2 Å². The van der Waals surface area contributed by atoms with E-state index in [2.05, 4.69) is 0 Å². The van der Waals surface area contributed by atoms with E-state index in [9.17, 15) is 9.59 Å². The molecule has 0 aliphatic rings. The molecule has 134 valence electrons. The van der Waals surface area contributed by atoms with Gasteiger partial charge in [-0.25, -0.2) is 4.79 Å². The van der Waals surface area contributed by atoms with E-state index in [4.69, 9.17) is 10.1 Å². The maximum atomic E-state index is 12.7. The Morgan fingerprint density at radius 2 is 1.88 bits per heavy atom. The van der Waals surface area contributed by atoms with Gasteiger partial charge in [-0.15, -0.1) is 0 Å². The molecule has 26 heavy (non-hydrogen) atoms. The highest BCUT2D eigenvalue weighted by atomic mass is 16.5. The quantitative estimate of drug-likeness (QED) is 0.732. The summed E-state index contributed by atoms with van der Waals surface area (Å²) in [6, 6.07) is 13.2. The molecule has 0 amide bonds. The molecular formula is C20H21N3O3. The molecule has 2 heterocycles. The van der Waals surface area contributed by atoms with Crippen LogP contribution in [0.25, 0.3) is 10.9 Å². The number of methoxy groups -OCH3 is 1. The van der Waals surface area contributed by atoms with Crippen molar-refractivity contribution in [2.75, 3.05) is 7.11 Å². The third-order valence-electron chi connectivity index (χ3n) is 4.66. The molecular weight excluding hydrogens is 330 g/mol. The molecule has 1 N–H and O–H groups in total. The summed E-state index contributed by atoms with van der Waals surface area (Å²) < 4.78 is 8.04. The average molecular weight is 351 g/mol. The summed E-state index contributed by atoms with van der Waals surface area (Å²) >= 11 is 0. The lowest BCUT2D eigenvalue weighted by Crippen LogP contribution is -2.31. The zero-order valence-electron chi connectivity index (χ0n) is 15.1. The minimum atomic E-state index is -0.618. The van der Waals surface area contributed by atoms with Crippen LogP contribution in [0.15, 0.2) is 47.3 Å². The summed E-state index contributed by atoms with van der Waals surface area (Å²) in [5, 5.41) is 8.88. The second kappa shape index (κ2) is 7.00. The number of fused-ring (bicyclic) bond motifs is 1. The van der Waals surface area contributed by atoms with Crippen molar-refractivity contribution in [2.45, 2.75) is 19.9 Å². The fourth-order valence-electron chi connectivity index (χ4n) is 3.04. The molecule has 0 aliphatic carbocycles. The number of esters is 1. The maximum absolute atomic E-state index is 12.7. The Balaban J connectivity index is 2.24. The first-order chi connectivity index (χ1) is 12.4. The number of carbonyl (C=O) groups excluding carboxylic acids is 1. The van der Waals surface area contributed by atoms with Crippen LogP contribution < -0.4 is 11.0 Å². The molecule has 0 atom stereocenters. The highest BCUT2D eigenvalue weighted by Crippen LogP contribution is 2.13. The van der Waals surface area contributed by atoms with E-state index in [1.165, 1.54) is 17.7 Å². The molecule has 0 radical (unpaired) electrons. The van der Waals surface area contributed by atoms with Gasteiger partial charge in [0.05, 0.1) is 18.0 Å². The summed E-state index contributed by atoms with van der Waals surface area (Å²) in [5.74, 6) is -0.618. The van der Waals surface area contributed by atoms with E-state index >= 15 is 0 Å². The van der Waals surface area contributed by atoms with Gasteiger partial charge in [-0.05, 0) is 31.0 Å². The third-order valence-corrected chi connectivity index (χ3v) is 4.66. The standard InChI is InChI=1S/C20H21N3O3/c1-13-11-17-15(19(24)22(13)2)12-16(20(25)26-3)18(21)23(17)10-9-14-7-5-4-6-8-14/h4-8,11-12,21H,9-10H2,1-3H3. The molecule has 0 aliphatic heterocycles. The Labute approximate surface area is 150 Å². The van der Waals surface area contributed by atoms with Crippen LogP contribution in [0.1, 0.15) is 21.6 Å². The van der Waals surface area contributed by atoms with Crippen molar-refractivity contribution in [1.29, 1.82) is 5.41 Å². The first kappa shape index (κ1) is 17.7. The fraction of sp³-hybridized carbons (Fsp3) is 0.250. The van der Waals surface area contributed by atoms with Gasteiger partial charge in [-0.2, -0.15) is 0 Å². The van der Waals surface area contributed by atoms with E-state index < -0.39 is 5.97 Å². The van der Waals surface area contributed by atoms with Gasteiger partial charge in [0.25, 0.3) is 5.56 Å². The molecule has 6 heteroatoms. The molecule has 0 unspecified atom stereocenters. The summed E-state index contributed by atoms with van der Waals surface area (Å²) in [6.07, 6.45) is 0.686. The van der Waals surface area contributed by atoms with E-state index in [-0.39, 0.29) is 16.6 Å². The van der Waals surface area contributed by atoms with E-state index in [0.29, 0.717) is 23.9 Å². The monoisotopic (exact) mass is 351 g/mol. The number of hydrogen-bond acceptors (Lipinski definition) is 4. The maximum Gasteiger partial charge on any atom is 0.341 e. The van der Waals surface area contributed by atoms with Gasteiger partial charge in [-0.3, -0.25) is 10.2 Å². The first-order valence-corrected chi connectivity index (χ1v) is 8.35. The molecule has 2 aromatic heterocycles. The Morgan fingerprint density at radius 1 is 1.19 bits per heavy atom. The van der Waals surface area contributed by atoms with Crippen LogP contribution in [0.5, 0.6) is 0 Å². The number of aromatic nitrogens is 2. The number of nitrogens with one attached hydrogen (secondary N) is 1. The SMILES string of the molecule is COC(=O)c1cc2c(=O)n(C)c(C)cc2n(CCc2ccccc2)c1=N. The van der Waals surface area contributed by atoms with Crippen molar-refractivity contribution >= 4 is 16.9 Å². The van der Waals surface area contributed by atoms with Crippen LogP contribution in [0.3, 0.4) is 0 Å². The smallest absolute Gasteiger partial charge is 0.341 e.